The minimum absolute atomic E-state index is 0.342. The van der Waals surface area contributed by atoms with E-state index in [2.05, 4.69) is 15.3 Å². The Bertz CT molecular complexity index is 891. The Morgan fingerprint density at radius 1 is 1.10 bits per heavy atom. The second-order valence-corrected chi connectivity index (χ2v) is 4.87. The summed E-state index contributed by atoms with van der Waals surface area (Å²) in [7, 11) is 0. The van der Waals surface area contributed by atoms with Gasteiger partial charge in [0.25, 0.3) is 0 Å². The van der Waals surface area contributed by atoms with Gasteiger partial charge in [-0.3, -0.25) is 10.2 Å². The number of hydrogen-bond acceptors (Lipinski definition) is 4. The van der Waals surface area contributed by atoms with Crippen LogP contribution in [0.15, 0.2) is 45.9 Å². The van der Waals surface area contributed by atoms with Crippen molar-refractivity contribution in [1.82, 2.24) is 14.9 Å². The molecule has 0 amide bonds. The van der Waals surface area contributed by atoms with Crippen LogP contribution in [0.5, 0.6) is 0 Å². The van der Waals surface area contributed by atoms with Gasteiger partial charge in [-0.2, -0.15) is 9.78 Å². The molecule has 0 radical (unpaired) electrons. The largest absolute Gasteiger partial charge is 0.455 e. The van der Waals surface area contributed by atoms with E-state index in [1.807, 2.05) is 0 Å². The van der Waals surface area contributed by atoms with E-state index in [-0.39, 0.29) is 5.82 Å². The molecule has 21 heavy (non-hydrogen) atoms. The van der Waals surface area contributed by atoms with E-state index in [9.17, 15) is 4.39 Å². The van der Waals surface area contributed by atoms with Gasteiger partial charge in [-0.25, -0.2) is 4.39 Å². The molecule has 2 aromatic heterocycles. The first-order valence-corrected chi connectivity index (χ1v) is 6.75. The van der Waals surface area contributed by atoms with Gasteiger partial charge in [-0.15, -0.1) is 0 Å². The number of halogens is 1. The molecule has 1 aromatic carbocycles. The minimum Gasteiger partial charge on any atom is -0.455 e. The molecular weight excluding hydrogens is 311 g/mol. The SMILES string of the molecule is Fc1ccccc1-c1ccc(/C=N\n2c(=S)[nH][nH]c2=S)o1. The second kappa shape index (κ2) is 5.58. The number of aromatic amines is 2. The summed E-state index contributed by atoms with van der Waals surface area (Å²) in [6, 6.07) is 9.76. The summed E-state index contributed by atoms with van der Waals surface area (Å²) in [4.78, 5) is 0. The second-order valence-electron chi connectivity index (χ2n) is 4.10. The van der Waals surface area contributed by atoms with Crippen LogP contribution < -0.4 is 0 Å². The summed E-state index contributed by atoms with van der Waals surface area (Å²) in [5.74, 6) is 0.550. The molecule has 2 heterocycles. The molecule has 106 valence electrons. The first-order chi connectivity index (χ1) is 10.1. The van der Waals surface area contributed by atoms with Crippen LogP contribution in [0.1, 0.15) is 5.76 Å². The van der Waals surface area contributed by atoms with Gasteiger partial charge in [0.1, 0.15) is 17.3 Å². The lowest BCUT2D eigenvalue weighted by Gasteiger charge is -1.97. The van der Waals surface area contributed by atoms with Gasteiger partial charge in [0.2, 0.25) is 9.54 Å². The lowest BCUT2D eigenvalue weighted by Crippen LogP contribution is -1.89. The van der Waals surface area contributed by atoms with E-state index in [0.717, 1.165) is 0 Å². The Balaban J connectivity index is 1.91. The Labute approximate surface area is 128 Å². The van der Waals surface area contributed by atoms with Crippen LogP contribution in [-0.4, -0.2) is 21.1 Å². The lowest BCUT2D eigenvalue weighted by molar-refractivity contribution is 0.563. The summed E-state index contributed by atoms with van der Waals surface area (Å²) in [5.41, 5.74) is 0.396. The van der Waals surface area contributed by atoms with Crippen LogP contribution in [0.25, 0.3) is 11.3 Å². The van der Waals surface area contributed by atoms with E-state index in [1.165, 1.54) is 17.0 Å². The van der Waals surface area contributed by atoms with Crippen molar-refractivity contribution in [2.75, 3.05) is 0 Å². The van der Waals surface area contributed by atoms with Crippen molar-refractivity contribution in [3.8, 4) is 11.3 Å². The highest BCUT2D eigenvalue weighted by molar-refractivity contribution is 7.72. The van der Waals surface area contributed by atoms with E-state index in [1.54, 1.807) is 30.3 Å². The van der Waals surface area contributed by atoms with E-state index < -0.39 is 0 Å². The average molecular weight is 320 g/mol. The number of nitrogens with one attached hydrogen (secondary N) is 2. The first-order valence-electron chi connectivity index (χ1n) is 5.94. The number of furan rings is 1. The van der Waals surface area contributed by atoms with Crippen molar-refractivity contribution in [1.29, 1.82) is 0 Å². The minimum atomic E-state index is -0.342. The Hall–Kier alpha value is -2.32. The summed E-state index contributed by atoms with van der Waals surface area (Å²) >= 11 is 10.0. The topological polar surface area (TPSA) is 62.0 Å². The normalized spacial score (nSPS) is 11.3. The predicted molar refractivity (Wildman–Crippen MR) is 81.9 cm³/mol. The highest BCUT2D eigenvalue weighted by Gasteiger charge is 2.08. The molecule has 3 aromatic rings. The molecule has 2 N–H and O–H groups in total. The zero-order chi connectivity index (χ0) is 14.8. The molecule has 5 nitrogen and oxygen atoms in total. The maximum absolute atomic E-state index is 13.7. The summed E-state index contributed by atoms with van der Waals surface area (Å²) < 4.78 is 21.2. The van der Waals surface area contributed by atoms with Crippen molar-refractivity contribution in [2.45, 2.75) is 0 Å². The van der Waals surface area contributed by atoms with Gasteiger partial charge in [0.15, 0.2) is 0 Å². The van der Waals surface area contributed by atoms with Crippen LogP contribution in [-0.2, 0) is 0 Å². The molecule has 0 bridgehead atoms. The van der Waals surface area contributed by atoms with Gasteiger partial charge in [0, 0.05) is 0 Å². The summed E-state index contributed by atoms with van der Waals surface area (Å²) in [6.07, 6.45) is 1.46. The number of H-pyrrole nitrogens is 2. The van der Waals surface area contributed by atoms with Gasteiger partial charge in [-0.05, 0) is 48.7 Å². The third kappa shape index (κ3) is 2.76. The van der Waals surface area contributed by atoms with Crippen LogP contribution in [0.3, 0.4) is 0 Å². The fourth-order valence-electron chi connectivity index (χ4n) is 1.75. The molecule has 0 aliphatic rings. The molecule has 0 aliphatic carbocycles. The number of hydrogen-bond donors (Lipinski definition) is 2. The summed E-state index contributed by atoms with van der Waals surface area (Å²) in [5, 5.41) is 9.43. The monoisotopic (exact) mass is 320 g/mol. The Morgan fingerprint density at radius 3 is 2.52 bits per heavy atom. The molecule has 0 aliphatic heterocycles. The van der Waals surface area contributed by atoms with E-state index in [0.29, 0.717) is 26.6 Å². The molecule has 0 fully saturated rings. The third-order valence-electron chi connectivity index (χ3n) is 2.73. The zero-order valence-electron chi connectivity index (χ0n) is 10.5. The zero-order valence-corrected chi connectivity index (χ0v) is 12.2. The molecule has 0 saturated carbocycles. The maximum atomic E-state index is 13.7. The van der Waals surface area contributed by atoms with E-state index in [4.69, 9.17) is 28.9 Å². The summed E-state index contributed by atoms with van der Waals surface area (Å²) in [6.45, 7) is 0. The van der Waals surface area contributed by atoms with Crippen molar-refractivity contribution in [3.05, 3.63) is 57.5 Å². The molecular formula is C13H9FN4OS2. The quantitative estimate of drug-likeness (QED) is 0.568. The van der Waals surface area contributed by atoms with Crippen molar-refractivity contribution in [2.24, 2.45) is 5.10 Å². The Kier molecular flexibility index (Phi) is 3.63. The number of benzene rings is 1. The van der Waals surface area contributed by atoms with Crippen molar-refractivity contribution < 1.29 is 8.81 Å². The maximum Gasteiger partial charge on any atom is 0.215 e. The molecule has 0 saturated heterocycles. The van der Waals surface area contributed by atoms with Gasteiger partial charge in [0.05, 0.1) is 11.8 Å². The average Bonchev–Trinajstić information content (AvgIpc) is 3.05. The lowest BCUT2D eigenvalue weighted by atomic mass is 10.1. The Morgan fingerprint density at radius 2 is 1.81 bits per heavy atom. The van der Waals surface area contributed by atoms with Crippen molar-refractivity contribution in [3.63, 3.8) is 0 Å². The molecule has 0 atom stereocenters. The molecule has 8 heteroatoms. The molecule has 0 spiro atoms. The predicted octanol–water partition coefficient (Wildman–Crippen LogP) is 3.88. The first kappa shape index (κ1) is 13.7. The van der Waals surface area contributed by atoms with Crippen LogP contribution >= 0.6 is 24.4 Å². The standard InChI is InChI=1S/C13H9FN4OS2/c14-10-4-2-1-3-9(10)11-6-5-8(19-11)7-15-18-12(20)16-17-13(18)21/h1-7H,(H,16,20)(H,17,21)/b15-7-. The van der Waals surface area contributed by atoms with Crippen LogP contribution in [0.4, 0.5) is 4.39 Å². The highest BCUT2D eigenvalue weighted by atomic mass is 32.1. The third-order valence-corrected chi connectivity index (χ3v) is 3.28. The van der Waals surface area contributed by atoms with Gasteiger partial charge < -0.3 is 4.42 Å². The van der Waals surface area contributed by atoms with Crippen LogP contribution in [0, 0.1) is 15.4 Å². The van der Waals surface area contributed by atoms with E-state index >= 15 is 0 Å². The molecule has 0 unspecified atom stereocenters. The number of nitrogens with zero attached hydrogens (tertiary/aromatic N) is 2. The van der Waals surface area contributed by atoms with Crippen LogP contribution in [0.2, 0.25) is 0 Å². The van der Waals surface area contributed by atoms with Gasteiger partial charge in [-0.1, -0.05) is 12.1 Å². The fraction of sp³-hybridized carbons (Fsp3) is 0. The van der Waals surface area contributed by atoms with Gasteiger partial charge >= 0.3 is 0 Å². The molecule has 3 rings (SSSR count). The fourth-order valence-corrected chi connectivity index (χ4v) is 2.19. The van der Waals surface area contributed by atoms with Crippen molar-refractivity contribution >= 4 is 30.7 Å². The highest BCUT2D eigenvalue weighted by Crippen LogP contribution is 2.24. The smallest absolute Gasteiger partial charge is 0.215 e. The number of aromatic nitrogens is 3. The number of rotatable bonds is 3.